The Kier molecular flexibility index (Phi) is 6.87. The Morgan fingerprint density at radius 1 is 1.23 bits per heavy atom. The maximum absolute atomic E-state index is 5.59. The van der Waals surface area contributed by atoms with Crippen LogP contribution < -0.4 is 5.73 Å². The van der Waals surface area contributed by atoms with Gasteiger partial charge in [0.1, 0.15) is 0 Å². The van der Waals surface area contributed by atoms with Gasteiger partial charge in [-0.3, -0.25) is 0 Å². The van der Waals surface area contributed by atoms with Crippen LogP contribution in [-0.2, 0) is 0 Å². The Morgan fingerprint density at radius 2 is 1.77 bits per heavy atom. The molecule has 0 aromatic heterocycles. The highest BCUT2D eigenvalue weighted by atomic mass is 32.2. The molecule has 2 N–H and O–H groups in total. The van der Waals surface area contributed by atoms with Crippen molar-refractivity contribution < 1.29 is 0 Å². The third-order valence-electron chi connectivity index (χ3n) is 1.83. The van der Waals surface area contributed by atoms with Gasteiger partial charge in [0.25, 0.3) is 0 Å². The molecule has 0 saturated heterocycles. The van der Waals surface area contributed by atoms with E-state index in [9.17, 15) is 0 Å². The second-order valence-electron chi connectivity index (χ2n) is 3.27. The second-order valence-corrected chi connectivity index (χ2v) is 4.49. The van der Waals surface area contributed by atoms with E-state index in [0.29, 0.717) is 5.03 Å². The number of nitrogens with two attached hydrogens (primary N) is 1. The van der Waals surface area contributed by atoms with Crippen LogP contribution in [0.2, 0.25) is 0 Å². The number of hydrogen-bond acceptors (Lipinski definition) is 2. The van der Waals surface area contributed by atoms with Crippen LogP contribution in [0.1, 0.15) is 46.5 Å². The molecular formula is C11H21NS. The highest BCUT2D eigenvalue weighted by molar-refractivity contribution is 8.06. The smallest absolute Gasteiger partial charge is 0.0627 e. The minimum atomic E-state index is 0.707. The van der Waals surface area contributed by atoms with E-state index in [2.05, 4.69) is 27.4 Å². The quantitative estimate of drug-likeness (QED) is 0.699. The molecule has 0 heterocycles. The zero-order chi connectivity index (χ0) is 10.3. The third-order valence-corrected chi connectivity index (χ3v) is 2.89. The van der Waals surface area contributed by atoms with Crippen molar-refractivity contribution in [2.75, 3.05) is 0 Å². The normalized spacial score (nSPS) is 12.5. The van der Waals surface area contributed by atoms with Crippen LogP contribution in [0.15, 0.2) is 22.1 Å². The van der Waals surface area contributed by atoms with Crippen molar-refractivity contribution in [1.82, 2.24) is 0 Å². The van der Waals surface area contributed by atoms with Crippen molar-refractivity contribution in [1.29, 1.82) is 0 Å². The molecule has 0 amide bonds. The molecule has 0 radical (unpaired) electrons. The van der Waals surface area contributed by atoms with Gasteiger partial charge in [0.15, 0.2) is 0 Å². The van der Waals surface area contributed by atoms with Crippen LogP contribution in [0.4, 0.5) is 0 Å². The van der Waals surface area contributed by atoms with Crippen molar-refractivity contribution in [3.05, 3.63) is 22.1 Å². The largest absolute Gasteiger partial charge is 0.394 e. The standard InChI is InChI=1S/C11H21NS/c1-5-7-9(3)11(8-6-2)13-10(4)12/h4-8,12H2,1-3H3/b11-9+. The van der Waals surface area contributed by atoms with Gasteiger partial charge in [-0.2, -0.15) is 0 Å². The van der Waals surface area contributed by atoms with Crippen molar-refractivity contribution in [3.63, 3.8) is 0 Å². The molecule has 0 saturated carbocycles. The zero-order valence-corrected chi connectivity index (χ0v) is 9.84. The van der Waals surface area contributed by atoms with E-state index >= 15 is 0 Å². The Balaban J connectivity index is 4.35. The lowest BCUT2D eigenvalue weighted by molar-refractivity contribution is 0.868. The highest BCUT2D eigenvalue weighted by Gasteiger charge is 2.02. The summed E-state index contributed by atoms with van der Waals surface area (Å²) in [5, 5.41) is 0.707. The summed E-state index contributed by atoms with van der Waals surface area (Å²) in [6, 6.07) is 0. The summed E-state index contributed by atoms with van der Waals surface area (Å²) in [5.74, 6) is 0. The van der Waals surface area contributed by atoms with E-state index in [0.717, 1.165) is 6.42 Å². The minimum absolute atomic E-state index is 0.707. The summed E-state index contributed by atoms with van der Waals surface area (Å²) in [6.45, 7) is 10.3. The van der Waals surface area contributed by atoms with Crippen LogP contribution >= 0.6 is 11.8 Å². The Bertz CT molecular complexity index is 194. The van der Waals surface area contributed by atoms with Gasteiger partial charge in [-0.1, -0.05) is 50.6 Å². The molecule has 0 atom stereocenters. The summed E-state index contributed by atoms with van der Waals surface area (Å²) in [6.07, 6.45) is 4.69. The fourth-order valence-corrected chi connectivity index (χ4v) is 2.15. The fraction of sp³-hybridized carbons (Fsp3) is 0.636. The second kappa shape index (κ2) is 7.07. The van der Waals surface area contributed by atoms with Gasteiger partial charge in [-0.25, -0.2) is 0 Å². The van der Waals surface area contributed by atoms with E-state index in [1.807, 2.05) is 0 Å². The van der Waals surface area contributed by atoms with E-state index in [-0.39, 0.29) is 0 Å². The lowest BCUT2D eigenvalue weighted by Crippen LogP contribution is -1.92. The number of allylic oxidation sites excluding steroid dienone is 2. The molecule has 0 aromatic rings. The third kappa shape index (κ3) is 5.81. The Labute approximate surface area is 86.5 Å². The summed E-state index contributed by atoms with van der Waals surface area (Å²) in [7, 11) is 0. The number of thioether (sulfide) groups is 1. The van der Waals surface area contributed by atoms with Gasteiger partial charge in [0.05, 0.1) is 5.03 Å². The first-order valence-corrected chi connectivity index (χ1v) is 5.74. The van der Waals surface area contributed by atoms with Gasteiger partial charge in [0, 0.05) is 0 Å². The van der Waals surface area contributed by atoms with E-state index in [1.165, 1.54) is 29.7 Å². The minimum Gasteiger partial charge on any atom is -0.394 e. The van der Waals surface area contributed by atoms with E-state index < -0.39 is 0 Å². The first-order chi connectivity index (χ1) is 6.11. The Morgan fingerprint density at radius 3 is 2.15 bits per heavy atom. The van der Waals surface area contributed by atoms with Crippen molar-refractivity contribution in [2.24, 2.45) is 5.73 Å². The molecule has 2 heteroatoms. The molecule has 0 bridgehead atoms. The van der Waals surface area contributed by atoms with E-state index in [1.54, 1.807) is 11.8 Å². The summed E-state index contributed by atoms with van der Waals surface area (Å²) in [5.41, 5.74) is 7.06. The molecule has 0 spiro atoms. The predicted octanol–water partition coefficient (Wildman–Crippen LogP) is 4.02. The predicted molar refractivity (Wildman–Crippen MR) is 63.4 cm³/mol. The van der Waals surface area contributed by atoms with Gasteiger partial charge in [-0.05, 0) is 24.7 Å². The summed E-state index contributed by atoms with van der Waals surface area (Å²) < 4.78 is 0. The SMILES string of the molecule is C=C(N)S/C(CCC)=C(\C)CCC. The monoisotopic (exact) mass is 199 g/mol. The topological polar surface area (TPSA) is 26.0 Å². The highest BCUT2D eigenvalue weighted by Crippen LogP contribution is 2.29. The molecule has 1 nitrogen and oxygen atoms in total. The van der Waals surface area contributed by atoms with Gasteiger partial charge < -0.3 is 5.73 Å². The Hall–Kier alpha value is -0.370. The molecule has 0 aliphatic rings. The lowest BCUT2D eigenvalue weighted by atomic mass is 10.1. The van der Waals surface area contributed by atoms with Gasteiger partial charge in [0.2, 0.25) is 0 Å². The zero-order valence-electron chi connectivity index (χ0n) is 9.02. The van der Waals surface area contributed by atoms with Crippen LogP contribution in [0.5, 0.6) is 0 Å². The van der Waals surface area contributed by atoms with Crippen molar-refractivity contribution >= 4 is 11.8 Å². The molecule has 0 aromatic carbocycles. The maximum Gasteiger partial charge on any atom is 0.0627 e. The molecule has 0 fully saturated rings. The van der Waals surface area contributed by atoms with Crippen LogP contribution in [0, 0.1) is 0 Å². The van der Waals surface area contributed by atoms with Gasteiger partial charge in [-0.15, -0.1) is 0 Å². The molecular weight excluding hydrogens is 178 g/mol. The first-order valence-electron chi connectivity index (χ1n) is 4.92. The average Bonchev–Trinajstić information content (AvgIpc) is 2.03. The first kappa shape index (κ1) is 12.6. The molecule has 13 heavy (non-hydrogen) atoms. The van der Waals surface area contributed by atoms with Crippen LogP contribution in [-0.4, -0.2) is 0 Å². The number of hydrogen-bond donors (Lipinski definition) is 1. The fourth-order valence-electron chi connectivity index (χ4n) is 1.25. The molecule has 0 aliphatic heterocycles. The molecule has 0 aliphatic carbocycles. The summed E-state index contributed by atoms with van der Waals surface area (Å²) >= 11 is 1.64. The lowest BCUT2D eigenvalue weighted by Gasteiger charge is -2.09. The van der Waals surface area contributed by atoms with Crippen molar-refractivity contribution in [3.8, 4) is 0 Å². The summed E-state index contributed by atoms with van der Waals surface area (Å²) in [4.78, 5) is 1.41. The molecule has 76 valence electrons. The average molecular weight is 199 g/mol. The van der Waals surface area contributed by atoms with Gasteiger partial charge >= 0.3 is 0 Å². The maximum atomic E-state index is 5.59. The van der Waals surface area contributed by atoms with E-state index in [4.69, 9.17) is 5.73 Å². The van der Waals surface area contributed by atoms with Crippen LogP contribution in [0.3, 0.4) is 0 Å². The number of rotatable bonds is 6. The van der Waals surface area contributed by atoms with Crippen LogP contribution in [0.25, 0.3) is 0 Å². The van der Waals surface area contributed by atoms with Crippen molar-refractivity contribution in [2.45, 2.75) is 46.5 Å². The molecule has 0 unspecified atom stereocenters. The molecule has 0 rings (SSSR count).